The number of rotatable bonds is 57. The molecule has 0 aromatic heterocycles. The van der Waals surface area contributed by atoms with Crippen LogP contribution in [0.25, 0.3) is 0 Å². The van der Waals surface area contributed by atoms with Crippen molar-refractivity contribution >= 4 is 13.7 Å². The van der Waals surface area contributed by atoms with Gasteiger partial charge in [-0.3, -0.25) is 9.36 Å². The van der Waals surface area contributed by atoms with Crippen LogP contribution in [0.2, 0.25) is 0 Å². The molecule has 0 aliphatic carbocycles. The molecule has 0 fully saturated rings. The van der Waals surface area contributed by atoms with E-state index in [1.165, 1.54) is 141 Å². The van der Waals surface area contributed by atoms with Gasteiger partial charge in [-0.25, -0.2) is 0 Å². The molecule has 444 valence electrons. The first-order chi connectivity index (χ1) is 37.5. The van der Waals surface area contributed by atoms with Gasteiger partial charge in [0.1, 0.15) is 13.2 Å². The number of carbonyl (C=O) groups is 1. The van der Waals surface area contributed by atoms with Crippen molar-refractivity contribution in [1.82, 2.24) is 5.32 Å². The molecule has 3 atom stereocenters. The lowest BCUT2D eigenvalue weighted by Crippen LogP contribution is -2.46. The first-order valence-electron chi connectivity index (χ1n) is 31.7. The summed E-state index contributed by atoms with van der Waals surface area (Å²) in [6.45, 7) is 4.61. The number of unbranched alkanes of at least 4 members (excludes halogenated alkanes) is 26. The van der Waals surface area contributed by atoms with Gasteiger partial charge >= 0.3 is 0 Å². The summed E-state index contributed by atoms with van der Waals surface area (Å²) in [5, 5.41) is 14.0. The van der Waals surface area contributed by atoms with E-state index in [0.29, 0.717) is 23.9 Å². The van der Waals surface area contributed by atoms with Crippen LogP contribution in [0.3, 0.4) is 0 Å². The van der Waals surface area contributed by atoms with Crippen molar-refractivity contribution in [2.24, 2.45) is 0 Å². The number of nitrogens with one attached hydrogen (secondary N) is 1. The minimum Gasteiger partial charge on any atom is -0.756 e. The largest absolute Gasteiger partial charge is 0.756 e. The predicted molar refractivity (Wildman–Crippen MR) is 334 cm³/mol. The van der Waals surface area contributed by atoms with Crippen LogP contribution in [0.1, 0.15) is 264 Å². The first kappa shape index (κ1) is 74.2. The third-order valence-electron chi connectivity index (χ3n) is 13.8. The molecule has 0 aliphatic rings. The number of aliphatic hydroxyl groups is 1. The molecule has 0 saturated heterocycles. The SMILES string of the molecule is CC/C=C\C/C=C\C/C=C\C/C=C\C/C=C\C/C=C\C/C=C\C/C=C\C/C=C\CCCCCCCCCCCCCC(=O)NC(COP(=O)([O-])OCC[N+](C)(C)C)C(O)CCCCCCCCCCCCCCCCCC. The number of nitrogens with zero attached hydrogens (tertiary/aromatic N) is 1. The standard InChI is InChI=1S/C68H121N2O6P/c1-6-8-10-12-14-16-18-20-22-24-25-26-27-28-29-30-31-32-33-34-35-36-37-38-39-40-41-42-43-44-45-46-48-50-52-54-56-58-60-62-68(72)69-66(65-76-77(73,74)75-64-63-70(3,4)5)67(71)61-59-57-55-53-51-49-47-23-21-19-17-15-13-11-9-7-2/h8,10,14,16,20,22,25-26,28-29,31-32,34-35,37-38,40-41,66-67,71H,6-7,9,11-13,15,17-19,21,23-24,27,30,33,36,39,42-65H2,1-5H3,(H-,69,72,73,74)/b10-8-,16-14-,22-20-,26-25-,29-28-,32-31-,35-34-,38-37-,41-40-. The van der Waals surface area contributed by atoms with Crippen LogP contribution in [0.5, 0.6) is 0 Å². The van der Waals surface area contributed by atoms with Crippen molar-refractivity contribution in [1.29, 1.82) is 0 Å². The van der Waals surface area contributed by atoms with Gasteiger partial charge in [0, 0.05) is 6.42 Å². The zero-order chi connectivity index (χ0) is 56.3. The molecule has 0 bridgehead atoms. The topological polar surface area (TPSA) is 108 Å². The summed E-state index contributed by atoms with van der Waals surface area (Å²) in [7, 11) is 1.30. The summed E-state index contributed by atoms with van der Waals surface area (Å²) in [6.07, 6.45) is 84.2. The van der Waals surface area contributed by atoms with E-state index in [4.69, 9.17) is 9.05 Å². The summed E-state index contributed by atoms with van der Waals surface area (Å²) in [6, 6.07) is -0.809. The van der Waals surface area contributed by atoms with Crippen LogP contribution in [0.4, 0.5) is 0 Å². The Bertz CT molecular complexity index is 1620. The average molecular weight is 1090 g/mol. The lowest BCUT2D eigenvalue weighted by molar-refractivity contribution is -0.870. The van der Waals surface area contributed by atoms with Crippen molar-refractivity contribution in [2.75, 3.05) is 40.9 Å². The maximum absolute atomic E-state index is 13.0. The first-order valence-corrected chi connectivity index (χ1v) is 33.2. The van der Waals surface area contributed by atoms with Gasteiger partial charge in [-0.2, -0.15) is 0 Å². The van der Waals surface area contributed by atoms with E-state index in [0.717, 1.165) is 96.3 Å². The van der Waals surface area contributed by atoms with Gasteiger partial charge in [-0.15, -0.1) is 0 Å². The van der Waals surface area contributed by atoms with E-state index >= 15 is 0 Å². The fourth-order valence-electron chi connectivity index (χ4n) is 8.86. The third-order valence-corrected chi connectivity index (χ3v) is 14.7. The van der Waals surface area contributed by atoms with Gasteiger partial charge in [0.05, 0.1) is 39.9 Å². The number of allylic oxidation sites excluding steroid dienone is 18. The van der Waals surface area contributed by atoms with E-state index in [1.807, 2.05) is 21.1 Å². The minimum atomic E-state index is -4.58. The summed E-state index contributed by atoms with van der Waals surface area (Å²) < 4.78 is 23.4. The summed E-state index contributed by atoms with van der Waals surface area (Å²) >= 11 is 0. The third kappa shape index (κ3) is 60.6. The molecule has 0 aliphatic heterocycles. The van der Waals surface area contributed by atoms with Crippen LogP contribution in [-0.4, -0.2) is 68.5 Å². The molecule has 0 rings (SSSR count). The number of hydrogen-bond donors (Lipinski definition) is 2. The summed E-state index contributed by atoms with van der Waals surface area (Å²) in [4.78, 5) is 25.6. The van der Waals surface area contributed by atoms with Gasteiger partial charge in [-0.05, 0) is 83.5 Å². The smallest absolute Gasteiger partial charge is 0.268 e. The van der Waals surface area contributed by atoms with Crippen molar-refractivity contribution in [3.8, 4) is 0 Å². The van der Waals surface area contributed by atoms with Crippen LogP contribution >= 0.6 is 7.82 Å². The highest BCUT2D eigenvalue weighted by atomic mass is 31.2. The Morgan fingerprint density at radius 2 is 0.792 bits per heavy atom. The zero-order valence-corrected chi connectivity index (χ0v) is 51.5. The van der Waals surface area contributed by atoms with Crippen molar-refractivity contribution in [3.05, 3.63) is 109 Å². The van der Waals surface area contributed by atoms with Crippen LogP contribution in [0, 0.1) is 0 Å². The molecule has 0 aromatic carbocycles. The average Bonchev–Trinajstić information content (AvgIpc) is 3.39. The monoisotopic (exact) mass is 1090 g/mol. The molecule has 2 N–H and O–H groups in total. The second-order valence-corrected chi connectivity index (χ2v) is 23.8. The van der Waals surface area contributed by atoms with Gasteiger partial charge < -0.3 is 28.8 Å². The van der Waals surface area contributed by atoms with Gasteiger partial charge in [0.25, 0.3) is 7.82 Å². The number of hydrogen-bond acceptors (Lipinski definition) is 6. The van der Waals surface area contributed by atoms with Crippen LogP contribution in [-0.2, 0) is 18.4 Å². The minimum absolute atomic E-state index is 0.00779. The highest BCUT2D eigenvalue weighted by Crippen LogP contribution is 2.38. The van der Waals surface area contributed by atoms with E-state index in [2.05, 4.69) is 129 Å². The molecule has 1 amide bonds. The normalized spacial score (nSPS) is 14.5. The molecule has 3 unspecified atom stereocenters. The summed E-state index contributed by atoms with van der Waals surface area (Å²) in [5.41, 5.74) is 0. The fourth-order valence-corrected chi connectivity index (χ4v) is 9.58. The van der Waals surface area contributed by atoms with E-state index < -0.39 is 20.0 Å². The number of likely N-dealkylation sites (N-methyl/N-ethyl adjacent to an activating group) is 1. The van der Waals surface area contributed by atoms with E-state index in [9.17, 15) is 19.4 Å². The molecule has 8 nitrogen and oxygen atoms in total. The van der Waals surface area contributed by atoms with E-state index in [1.54, 1.807) is 0 Å². The van der Waals surface area contributed by atoms with Crippen molar-refractivity contribution < 1.29 is 32.9 Å². The lowest BCUT2D eigenvalue weighted by Gasteiger charge is -2.30. The number of amides is 1. The fraction of sp³-hybridized carbons (Fsp3) is 0.721. The molecule has 0 spiro atoms. The highest BCUT2D eigenvalue weighted by Gasteiger charge is 2.24. The Morgan fingerprint density at radius 3 is 1.16 bits per heavy atom. The Balaban J connectivity index is 4.07. The Labute approximate surface area is 476 Å². The molecule has 9 heteroatoms. The number of carbonyl (C=O) groups excluding carboxylic acids is 1. The Kier molecular flexibility index (Phi) is 55.7. The molecule has 0 heterocycles. The molecular weight excluding hydrogens is 972 g/mol. The molecule has 77 heavy (non-hydrogen) atoms. The quantitative estimate of drug-likeness (QED) is 0.0272. The Hall–Kier alpha value is -2.84. The molecule has 0 aromatic rings. The second kappa shape index (κ2) is 57.8. The number of quaternary nitrogens is 1. The molecular formula is C68H121N2O6P. The van der Waals surface area contributed by atoms with E-state index in [-0.39, 0.29) is 19.1 Å². The predicted octanol–water partition coefficient (Wildman–Crippen LogP) is 19.3. The zero-order valence-electron chi connectivity index (χ0n) is 50.6. The van der Waals surface area contributed by atoms with Crippen molar-refractivity contribution in [3.63, 3.8) is 0 Å². The maximum atomic E-state index is 13.0. The van der Waals surface area contributed by atoms with Gasteiger partial charge in [0.2, 0.25) is 5.91 Å². The number of phosphoric ester groups is 1. The van der Waals surface area contributed by atoms with Crippen LogP contribution in [0.15, 0.2) is 109 Å². The second-order valence-electron chi connectivity index (χ2n) is 22.4. The molecule has 0 radical (unpaired) electrons. The maximum Gasteiger partial charge on any atom is 0.268 e. The highest BCUT2D eigenvalue weighted by molar-refractivity contribution is 7.45. The van der Waals surface area contributed by atoms with Crippen molar-refractivity contribution in [2.45, 2.75) is 276 Å². The number of phosphoric acid groups is 1. The molecule has 0 saturated carbocycles. The van der Waals surface area contributed by atoms with Crippen LogP contribution < -0.4 is 10.2 Å². The summed E-state index contributed by atoms with van der Waals surface area (Å²) in [5.74, 6) is -0.170. The Morgan fingerprint density at radius 1 is 0.468 bits per heavy atom. The lowest BCUT2D eigenvalue weighted by atomic mass is 10.0. The van der Waals surface area contributed by atoms with Gasteiger partial charge in [-0.1, -0.05) is 284 Å². The number of aliphatic hydroxyl groups excluding tert-OH is 1. The van der Waals surface area contributed by atoms with Gasteiger partial charge in [0.15, 0.2) is 0 Å².